The van der Waals surface area contributed by atoms with Crippen LogP contribution in [0, 0.1) is 6.92 Å². The number of aliphatic carboxylic acids is 1. The van der Waals surface area contributed by atoms with Gasteiger partial charge < -0.3 is 9.84 Å². The molecule has 0 aliphatic heterocycles. The van der Waals surface area contributed by atoms with Crippen molar-refractivity contribution in [2.24, 2.45) is 5.10 Å². The van der Waals surface area contributed by atoms with Crippen LogP contribution in [-0.4, -0.2) is 31.8 Å². The molecule has 1 unspecified atom stereocenters. The summed E-state index contributed by atoms with van der Waals surface area (Å²) < 4.78 is 29.3. The van der Waals surface area contributed by atoms with Crippen molar-refractivity contribution in [2.45, 2.75) is 24.8 Å². The zero-order chi connectivity index (χ0) is 18.4. The summed E-state index contributed by atoms with van der Waals surface area (Å²) in [6.07, 6.45) is 0.386. The Hall–Kier alpha value is -2.87. The van der Waals surface area contributed by atoms with E-state index in [4.69, 9.17) is 9.84 Å². The number of rotatable bonds is 7. The summed E-state index contributed by atoms with van der Waals surface area (Å²) >= 11 is 0. The molecule has 0 radical (unpaired) electrons. The van der Waals surface area contributed by atoms with E-state index < -0.39 is 22.1 Å². The number of sulfonamides is 1. The van der Waals surface area contributed by atoms with E-state index in [0.29, 0.717) is 11.3 Å². The van der Waals surface area contributed by atoms with E-state index in [9.17, 15) is 13.2 Å². The average molecular weight is 362 g/mol. The second-order valence-corrected chi connectivity index (χ2v) is 6.99. The molecule has 7 nitrogen and oxygen atoms in total. The quantitative estimate of drug-likeness (QED) is 0.580. The van der Waals surface area contributed by atoms with E-state index in [1.165, 1.54) is 25.3 Å². The standard InChI is InChI=1S/C17H18N2O5S/c1-12-3-9-16(10-4-12)25(22,23)19-18-11-14-5-7-15(8-6-14)24-13(2)17(20)21/h3-11,13,19H,1-2H3,(H,20,21)/b18-11+. The molecule has 0 aliphatic rings. The second-order valence-electron chi connectivity index (χ2n) is 5.33. The van der Waals surface area contributed by atoms with E-state index in [2.05, 4.69) is 9.93 Å². The summed E-state index contributed by atoms with van der Waals surface area (Å²) in [6.45, 7) is 3.30. The van der Waals surface area contributed by atoms with Gasteiger partial charge in [0, 0.05) is 0 Å². The molecule has 0 heterocycles. The topological polar surface area (TPSA) is 105 Å². The first-order valence-corrected chi connectivity index (χ1v) is 8.87. The smallest absolute Gasteiger partial charge is 0.344 e. The molecular formula is C17H18N2O5S. The van der Waals surface area contributed by atoms with Crippen molar-refractivity contribution < 1.29 is 23.1 Å². The fourth-order valence-electron chi connectivity index (χ4n) is 1.83. The van der Waals surface area contributed by atoms with Gasteiger partial charge in [-0.3, -0.25) is 0 Å². The van der Waals surface area contributed by atoms with Crippen LogP contribution in [0.3, 0.4) is 0 Å². The predicted octanol–water partition coefficient (Wildman–Crippen LogP) is 2.16. The molecule has 0 bridgehead atoms. The Morgan fingerprint density at radius 3 is 2.32 bits per heavy atom. The van der Waals surface area contributed by atoms with Crippen LogP contribution in [0.4, 0.5) is 0 Å². The molecule has 0 saturated heterocycles. The monoisotopic (exact) mass is 362 g/mol. The van der Waals surface area contributed by atoms with Crippen molar-refractivity contribution in [1.29, 1.82) is 0 Å². The highest BCUT2D eigenvalue weighted by Gasteiger charge is 2.12. The van der Waals surface area contributed by atoms with Crippen LogP contribution in [0.2, 0.25) is 0 Å². The van der Waals surface area contributed by atoms with Crippen LogP contribution < -0.4 is 9.57 Å². The Kier molecular flexibility index (Phi) is 5.76. The van der Waals surface area contributed by atoms with Crippen LogP contribution in [0.25, 0.3) is 0 Å². The number of aryl methyl sites for hydroxylation is 1. The Balaban J connectivity index is 1.99. The van der Waals surface area contributed by atoms with E-state index in [0.717, 1.165) is 5.56 Å². The van der Waals surface area contributed by atoms with Crippen molar-refractivity contribution in [1.82, 2.24) is 4.83 Å². The fourth-order valence-corrected chi connectivity index (χ4v) is 2.62. The minimum atomic E-state index is -3.72. The molecule has 2 aromatic rings. The molecule has 25 heavy (non-hydrogen) atoms. The molecule has 8 heteroatoms. The number of carboxylic acid groups (broad SMARTS) is 1. The third-order valence-corrected chi connectivity index (χ3v) is 4.50. The van der Waals surface area contributed by atoms with Gasteiger partial charge in [-0.1, -0.05) is 17.7 Å². The maximum atomic E-state index is 12.1. The first kappa shape index (κ1) is 18.5. The highest BCUT2D eigenvalue weighted by atomic mass is 32.2. The Bertz CT molecular complexity index is 859. The number of nitrogens with one attached hydrogen (secondary N) is 1. The van der Waals surface area contributed by atoms with Gasteiger partial charge in [0.2, 0.25) is 0 Å². The van der Waals surface area contributed by atoms with Gasteiger partial charge in [-0.15, -0.1) is 0 Å². The molecule has 0 amide bonds. The van der Waals surface area contributed by atoms with Crippen LogP contribution in [0.1, 0.15) is 18.1 Å². The molecule has 0 spiro atoms. The van der Waals surface area contributed by atoms with Gasteiger partial charge in [0.25, 0.3) is 10.0 Å². The summed E-state index contributed by atoms with van der Waals surface area (Å²) in [5.41, 5.74) is 1.59. The van der Waals surface area contributed by atoms with E-state index in [1.807, 2.05) is 6.92 Å². The highest BCUT2D eigenvalue weighted by molar-refractivity contribution is 7.89. The number of ether oxygens (including phenoxy) is 1. The number of nitrogens with zero attached hydrogens (tertiary/aromatic N) is 1. The van der Waals surface area contributed by atoms with Crippen LogP contribution in [0.5, 0.6) is 5.75 Å². The van der Waals surface area contributed by atoms with Gasteiger partial charge in [-0.25, -0.2) is 9.63 Å². The van der Waals surface area contributed by atoms with Gasteiger partial charge >= 0.3 is 5.97 Å². The zero-order valence-corrected chi connectivity index (χ0v) is 14.5. The molecule has 2 aromatic carbocycles. The largest absolute Gasteiger partial charge is 0.479 e. The van der Waals surface area contributed by atoms with E-state index in [1.54, 1.807) is 36.4 Å². The fraction of sp³-hybridized carbons (Fsp3) is 0.176. The summed E-state index contributed by atoms with van der Waals surface area (Å²) in [6, 6.07) is 12.8. The van der Waals surface area contributed by atoms with Gasteiger partial charge in [-0.05, 0) is 55.8 Å². The molecule has 2 N–H and O–H groups in total. The second kappa shape index (κ2) is 7.80. The highest BCUT2D eigenvalue weighted by Crippen LogP contribution is 2.13. The number of hydrazone groups is 1. The van der Waals surface area contributed by atoms with E-state index in [-0.39, 0.29) is 4.90 Å². The van der Waals surface area contributed by atoms with Crippen LogP contribution in [0.15, 0.2) is 58.5 Å². The number of benzene rings is 2. The Labute approximate surface area is 146 Å². The molecule has 0 aromatic heterocycles. The van der Waals surface area contributed by atoms with Crippen LogP contribution in [-0.2, 0) is 14.8 Å². The molecule has 132 valence electrons. The lowest BCUT2D eigenvalue weighted by Crippen LogP contribution is -2.22. The minimum absolute atomic E-state index is 0.127. The summed E-state index contributed by atoms with van der Waals surface area (Å²) in [4.78, 5) is 13.0. The minimum Gasteiger partial charge on any atom is -0.479 e. The predicted molar refractivity (Wildman–Crippen MR) is 93.3 cm³/mol. The van der Waals surface area contributed by atoms with Crippen molar-refractivity contribution in [3.8, 4) is 5.75 Å². The number of hydrogen-bond acceptors (Lipinski definition) is 5. The Morgan fingerprint density at radius 1 is 1.16 bits per heavy atom. The third kappa shape index (κ3) is 5.32. The summed E-state index contributed by atoms with van der Waals surface area (Å²) in [5, 5.41) is 12.5. The number of carboxylic acids is 1. The normalized spacial score (nSPS) is 12.7. The molecule has 0 fully saturated rings. The van der Waals surface area contributed by atoms with Crippen LogP contribution >= 0.6 is 0 Å². The first-order valence-electron chi connectivity index (χ1n) is 7.39. The molecule has 0 aliphatic carbocycles. The lowest BCUT2D eigenvalue weighted by Gasteiger charge is -2.09. The zero-order valence-electron chi connectivity index (χ0n) is 13.7. The molecule has 1 atom stereocenters. The van der Waals surface area contributed by atoms with Gasteiger partial charge in [0.05, 0.1) is 11.1 Å². The van der Waals surface area contributed by atoms with Crippen molar-refractivity contribution in [3.63, 3.8) is 0 Å². The lowest BCUT2D eigenvalue weighted by atomic mass is 10.2. The maximum Gasteiger partial charge on any atom is 0.344 e. The number of carbonyl (C=O) groups is 1. The lowest BCUT2D eigenvalue weighted by molar-refractivity contribution is -0.144. The third-order valence-electron chi connectivity index (χ3n) is 3.26. The maximum absolute atomic E-state index is 12.1. The van der Waals surface area contributed by atoms with Crippen molar-refractivity contribution in [3.05, 3.63) is 59.7 Å². The van der Waals surface area contributed by atoms with Gasteiger partial charge in [-0.2, -0.15) is 13.5 Å². The SMILES string of the molecule is Cc1ccc(S(=O)(=O)N/N=C/c2ccc(OC(C)C(=O)O)cc2)cc1. The van der Waals surface area contributed by atoms with Gasteiger partial charge in [0.1, 0.15) is 5.75 Å². The molecule has 0 saturated carbocycles. The van der Waals surface area contributed by atoms with Crippen molar-refractivity contribution in [2.75, 3.05) is 0 Å². The summed E-state index contributed by atoms with van der Waals surface area (Å²) in [5.74, 6) is -0.663. The first-order chi connectivity index (χ1) is 11.8. The Morgan fingerprint density at radius 2 is 1.76 bits per heavy atom. The van der Waals surface area contributed by atoms with Crippen molar-refractivity contribution >= 4 is 22.2 Å². The summed E-state index contributed by atoms with van der Waals surface area (Å²) in [7, 11) is -3.72. The molecule has 2 rings (SSSR count). The van der Waals surface area contributed by atoms with Gasteiger partial charge in [0.15, 0.2) is 6.10 Å². The average Bonchev–Trinajstić information content (AvgIpc) is 2.56. The van der Waals surface area contributed by atoms with E-state index >= 15 is 0 Å². The molecular weight excluding hydrogens is 344 g/mol. The number of hydrogen-bond donors (Lipinski definition) is 2.